The van der Waals surface area contributed by atoms with Gasteiger partial charge in [-0.25, -0.2) is 0 Å². The van der Waals surface area contributed by atoms with E-state index < -0.39 is 0 Å². The summed E-state index contributed by atoms with van der Waals surface area (Å²) in [5, 5.41) is 0. The smallest absolute Gasteiger partial charge is 0.104 e. The quantitative estimate of drug-likeness (QED) is 0.527. The fourth-order valence-electron chi connectivity index (χ4n) is 1.42. The Hall–Kier alpha value is -0.380. The highest BCUT2D eigenvalue weighted by Gasteiger charge is 2.26. The van der Waals surface area contributed by atoms with Crippen molar-refractivity contribution in [1.29, 1.82) is 0 Å². The number of hydrogen-bond acceptors (Lipinski definition) is 3. The second-order valence-corrected chi connectivity index (χ2v) is 4.20. The van der Waals surface area contributed by atoms with Gasteiger partial charge in [-0.2, -0.15) is 0 Å². The number of ether oxygens (including phenoxy) is 3. The van der Waals surface area contributed by atoms with Crippen LogP contribution < -0.4 is 0 Å². The number of hydrogen-bond donors (Lipinski definition) is 0. The Morgan fingerprint density at radius 3 is 1.67 bits per heavy atom. The first-order chi connectivity index (χ1) is 7.45. The lowest BCUT2D eigenvalue weighted by Crippen LogP contribution is -2.06. The zero-order valence-electron chi connectivity index (χ0n) is 9.19. The summed E-state index contributed by atoms with van der Waals surface area (Å²) in [6.07, 6.45) is 10.8. The van der Waals surface area contributed by atoms with E-state index in [0.29, 0.717) is 12.2 Å². The van der Waals surface area contributed by atoms with Crippen LogP contribution in [-0.2, 0) is 14.2 Å². The zero-order valence-corrected chi connectivity index (χ0v) is 9.19. The Morgan fingerprint density at radius 2 is 1.40 bits per heavy atom. The average Bonchev–Trinajstić information content (AvgIpc) is 3.16. The molecular formula is C12H20O3. The normalized spacial score (nSPS) is 31.7. The van der Waals surface area contributed by atoms with E-state index in [-0.39, 0.29) is 0 Å². The molecule has 1 aliphatic carbocycles. The van der Waals surface area contributed by atoms with Crippen molar-refractivity contribution in [1.82, 2.24) is 0 Å². The van der Waals surface area contributed by atoms with Gasteiger partial charge in [0.15, 0.2) is 0 Å². The molecule has 3 heteroatoms. The minimum absolute atomic E-state index is 0.392. The zero-order chi connectivity index (χ0) is 10.3. The third-order valence-electron chi connectivity index (χ3n) is 2.57. The van der Waals surface area contributed by atoms with Crippen LogP contribution in [0.4, 0.5) is 0 Å². The lowest BCUT2D eigenvalue weighted by molar-refractivity contribution is 0.102. The lowest BCUT2D eigenvalue weighted by atomic mass is 10.1. The van der Waals surface area contributed by atoms with Crippen LogP contribution in [0.15, 0.2) is 12.2 Å². The minimum atomic E-state index is 0.392. The molecule has 0 aromatic heterocycles. The first-order valence-corrected chi connectivity index (χ1v) is 5.91. The van der Waals surface area contributed by atoms with Gasteiger partial charge in [0, 0.05) is 0 Å². The highest BCUT2D eigenvalue weighted by atomic mass is 16.6. The van der Waals surface area contributed by atoms with Gasteiger partial charge in [0.1, 0.15) is 12.2 Å². The predicted molar refractivity (Wildman–Crippen MR) is 57.9 cm³/mol. The molecular weight excluding hydrogens is 192 g/mol. The summed E-state index contributed by atoms with van der Waals surface area (Å²) in [7, 11) is 0. The van der Waals surface area contributed by atoms with Crippen LogP contribution in [0.2, 0.25) is 0 Å². The predicted octanol–water partition coefficient (Wildman–Crippen LogP) is 1.92. The molecule has 3 nitrogen and oxygen atoms in total. The van der Waals surface area contributed by atoms with Gasteiger partial charge in [-0.05, 0) is 25.7 Å². The summed E-state index contributed by atoms with van der Waals surface area (Å²) >= 11 is 0. The topological polar surface area (TPSA) is 34.3 Å². The summed E-state index contributed by atoms with van der Waals surface area (Å²) < 4.78 is 15.1. The van der Waals surface area contributed by atoms with Gasteiger partial charge in [-0.3, -0.25) is 0 Å². The van der Waals surface area contributed by atoms with Gasteiger partial charge in [-0.1, -0.05) is 12.2 Å². The summed E-state index contributed by atoms with van der Waals surface area (Å²) in [4.78, 5) is 0. The molecule has 2 heterocycles. The van der Waals surface area contributed by atoms with Gasteiger partial charge in [0.05, 0.1) is 26.4 Å². The van der Waals surface area contributed by atoms with Crippen molar-refractivity contribution < 1.29 is 14.2 Å². The lowest BCUT2D eigenvalue weighted by Gasteiger charge is -1.97. The van der Waals surface area contributed by atoms with Crippen LogP contribution in [0.3, 0.4) is 0 Å². The molecule has 0 spiro atoms. The molecule has 3 rings (SSSR count). The van der Waals surface area contributed by atoms with Gasteiger partial charge < -0.3 is 14.2 Å². The van der Waals surface area contributed by atoms with Crippen molar-refractivity contribution in [2.45, 2.75) is 37.9 Å². The Morgan fingerprint density at radius 1 is 0.933 bits per heavy atom. The van der Waals surface area contributed by atoms with Crippen LogP contribution in [0.25, 0.3) is 0 Å². The Bertz CT molecular complexity index is 175. The van der Waals surface area contributed by atoms with E-state index in [2.05, 4.69) is 12.2 Å². The van der Waals surface area contributed by atoms with Gasteiger partial charge in [0.25, 0.3) is 0 Å². The molecule has 0 N–H and O–H groups in total. The van der Waals surface area contributed by atoms with E-state index in [1.165, 1.54) is 25.7 Å². The Labute approximate surface area is 91.4 Å². The van der Waals surface area contributed by atoms with E-state index in [1.54, 1.807) is 0 Å². The van der Waals surface area contributed by atoms with E-state index in [4.69, 9.17) is 14.2 Å². The van der Waals surface area contributed by atoms with Crippen molar-refractivity contribution in [3.63, 3.8) is 0 Å². The van der Waals surface area contributed by atoms with Gasteiger partial charge in [0.2, 0.25) is 0 Å². The van der Waals surface area contributed by atoms with Crippen LogP contribution in [0, 0.1) is 0 Å². The summed E-state index contributed by atoms with van der Waals surface area (Å²) in [5.41, 5.74) is 0. The number of allylic oxidation sites excluding steroid dienone is 2. The van der Waals surface area contributed by atoms with Crippen molar-refractivity contribution in [3.8, 4) is 0 Å². The SMILES string of the molecule is C(OCC1CO1)C1CO1.C1=CCCCC1. The maximum atomic E-state index is 5.23. The molecule has 0 radical (unpaired) electrons. The molecule has 2 fully saturated rings. The van der Waals surface area contributed by atoms with Crippen molar-refractivity contribution in [3.05, 3.63) is 12.2 Å². The highest BCUT2D eigenvalue weighted by molar-refractivity contribution is 4.85. The molecule has 2 saturated heterocycles. The molecule has 15 heavy (non-hydrogen) atoms. The van der Waals surface area contributed by atoms with E-state index in [1.807, 2.05) is 0 Å². The molecule has 86 valence electrons. The van der Waals surface area contributed by atoms with Crippen LogP contribution in [-0.4, -0.2) is 38.6 Å². The van der Waals surface area contributed by atoms with Crippen LogP contribution in [0.1, 0.15) is 25.7 Å². The largest absolute Gasteiger partial charge is 0.376 e. The third kappa shape index (κ3) is 5.92. The molecule has 2 aliphatic heterocycles. The second-order valence-electron chi connectivity index (χ2n) is 4.20. The van der Waals surface area contributed by atoms with Crippen LogP contribution in [0.5, 0.6) is 0 Å². The average molecular weight is 212 g/mol. The number of rotatable bonds is 4. The molecule has 2 atom stereocenters. The minimum Gasteiger partial charge on any atom is -0.376 e. The van der Waals surface area contributed by atoms with E-state index in [0.717, 1.165) is 26.4 Å². The van der Waals surface area contributed by atoms with E-state index in [9.17, 15) is 0 Å². The van der Waals surface area contributed by atoms with E-state index >= 15 is 0 Å². The molecule has 0 saturated carbocycles. The van der Waals surface area contributed by atoms with Crippen molar-refractivity contribution >= 4 is 0 Å². The molecule has 2 unspecified atom stereocenters. The van der Waals surface area contributed by atoms with Crippen molar-refractivity contribution in [2.24, 2.45) is 0 Å². The molecule has 0 bridgehead atoms. The fraction of sp³-hybridized carbons (Fsp3) is 0.833. The highest BCUT2D eigenvalue weighted by Crippen LogP contribution is 2.12. The first-order valence-electron chi connectivity index (χ1n) is 5.91. The second kappa shape index (κ2) is 6.26. The molecule has 0 aromatic rings. The Balaban J connectivity index is 0.000000124. The monoisotopic (exact) mass is 212 g/mol. The molecule has 0 aromatic carbocycles. The fourth-order valence-corrected chi connectivity index (χ4v) is 1.42. The summed E-state index contributed by atoms with van der Waals surface area (Å²) in [5.74, 6) is 0. The van der Waals surface area contributed by atoms with Crippen molar-refractivity contribution in [2.75, 3.05) is 26.4 Å². The Kier molecular flexibility index (Phi) is 4.64. The standard InChI is InChI=1S/C6H10O3.C6H10/c1(5-3-8-5)7-2-6-4-9-6;1-2-4-6-5-3-1/h5-6H,1-4H2;1-2H,3-6H2. The summed E-state index contributed by atoms with van der Waals surface area (Å²) in [6, 6.07) is 0. The molecule has 0 amide bonds. The van der Waals surface area contributed by atoms with Crippen LogP contribution >= 0.6 is 0 Å². The van der Waals surface area contributed by atoms with Gasteiger partial charge >= 0.3 is 0 Å². The molecule has 3 aliphatic rings. The first kappa shape index (κ1) is 11.1. The number of epoxide rings is 2. The third-order valence-corrected chi connectivity index (χ3v) is 2.57. The maximum absolute atomic E-state index is 5.23. The van der Waals surface area contributed by atoms with Gasteiger partial charge in [-0.15, -0.1) is 0 Å². The summed E-state index contributed by atoms with van der Waals surface area (Å²) in [6.45, 7) is 3.26. The maximum Gasteiger partial charge on any atom is 0.104 e.